The Morgan fingerprint density at radius 3 is 2.76 bits per heavy atom. The Balaban J connectivity index is 2.15. The summed E-state index contributed by atoms with van der Waals surface area (Å²) in [5.74, 6) is 0.0682. The number of halogens is 2. The molecule has 110 valence electrons. The smallest absolute Gasteiger partial charge is 0.373 e. The average Bonchev–Trinajstić information content (AvgIpc) is 2.93. The van der Waals surface area contributed by atoms with Crippen molar-refractivity contribution in [2.75, 3.05) is 7.11 Å². The maximum Gasteiger partial charge on any atom is 0.373 e. The lowest BCUT2D eigenvalue weighted by molar-refractivity contribution is 0.0561. The topological polar surface area (TPSA) is 65.7 Å². The molecular weight excluding hydrogens is 319 g/mol. The zero-order valence-electron chi connectivity index (χ0n) is 10.9. The van der Waals surface area contributed by atoms with Gasteiger partial charge in [-0.25, -0.2) is 4.79 Å². The highest BCUT2D eigenvalue weighted by molar-refractivity contribution is 6.36. The molecule has 2 rings (SSSR count). The van der Waals surface area contributed by atoms with Crippen LogP contribution in [0.5, 0.6) is 5.75 Å². The Morgan fingerprint density at radius 2 is 2.10 bits per heavy atom. The molecule has 0 saturated carbocycles. The molecule has 1 aromatic carbocycles. The Kier molecular flexibility index (Phi) is 4.88. The minimum Gasteiger partial charge on any atom is -0.483 e. The number of methoxy groups -OCH3 is 1. The number of ether oxygens (including phenoxy) is 2. The van der Waals surface area contributed by atoms with Gasteiger partial charge in [0.05, 0.1) is 17.7 Å². The van der Waals surface area contributed by atoms with Crippen LogP contribution in [0.1, 0.15) is 26.7 Å². The van der Waals surface area contributed by atoms with Gasteiger partial charge < -0.3 is 13.9 Å². The second-order valence-electron chi connectivity index (χ2n) is 3.97. The van der Waals surface area contributed by atoms with Crippen LogP contribution in [-0.2, 0) is 11.3 Å². The highest BCUT2D eigenvalue weighted by Gasteiger charge is 2.14. The fourth-order valence-electron chi connectivity index (χ4n) is 1.63. The van der Waals surface area contributed by atoms with E-state index in [2.05, 4.69) is 4.74 Å². The molecule has 0 fully saturated rings. The number of furan rings is 1. The third-order valence-corrected chi connectivity index (χ3v) is 3.07. The average molecular weight is 329 g/mol. The van der Waals surface area contributed by atoms with Gasteiger partial charge in [-0.15, -0.1) is 0 Å². The number of carbonyl (C=O) groups excluding carboxylic acids is 2. The molecule has 0 N–H and O–H groups in total. The largest absolute Gasteiger partial charge is 0.483 e. The van der Waals surface area contributed by atoms with Crippen LogP contribution in [-0.4, -0.2) is 19.4 Å². The van der Waals surface area contributed by atoms with Crippen molar-refractivity contribution in [2.24, 2.45) is 0 Å². The van der Waals surface area contributed by atoms with Gasteiger partial charge in [-0.05, 0) is 24.3 Å². The molecule has 1 heterocycles. The first-order chi connectivity index (χ1) is 10.0. The van der Waals surface area contributed by atoms with Crippen LogP contribution < -0.4 is 4.74 Å². The van der Waals surface area contributed by atoms with E-state index in [1.165, 1.54) is 25.3 Å². The molecule has 0 amide bonds. The van der Waals surface area contributed by atoms with E-state index in [0.717, 1.165) is 0 Å². The molecule has 0 bridgehead atoms. The monoisotopic (exact) mass is 328 g/mol. The molecule has 5 nitrogen and oxygen atoms in total. The summed E-state index contributed by atoms with van der Waals surface area (Å²) < 4.78 is 15.2. The van der Waals surface area contributed by atoms with E-state index in [1.54, 1.807) is 6.07 Å². The van der Waals surface area contributed by atoms with Crippen LogP contribution in [0.25, 0.3) is 0 Å². The zero-order valence-corrected chi connectivity index (χ0v) is 12.4. The van der Waals surface area contributed by atoms with Crippen molar-refractivity contribution in [3.05, 3.63) is 51.4 Å². The van der Waals surface area contributed by atoms with E-state index in [0.29, 0.717) is 17.1 Å². The van der Waals surface area contributed by atoms with Crippen molar-refractivity contribution in [1.82, 2.24) is 0 Å². The van der Waals surface area contributed by atoms with E-state index in [1.807, 2.05) is 0 Å². The molecule has 0 aliphatic heterocycles. The summed E-state index contributed by atoms with van der Waals surface area (Å²) in [6.45, 7) is -0.000807. The first kappa shape index (κ1) is 15.4. The fourth-order valence-corrected chi connectivity index (χ4v) is 2.19. The fraction of sp³-hybridized carbons (Fsp3) is 0.143. The number of carbonyl (C=O) groups is 2. The van der Waals surface area contributed by atoms with Gasteiger partial charge in [0, 0.05) is 5.02 Å². The quantitative estimate of drug-likeness (QED) is 0.617. The lowest BCUT2D eigenvalue weighted by Crippen LogP contribution is -2.00. The number of rotatable bonds is 5. The first-order valence-corrected chi connectivity index (χ1v) is 6.54. The molecule has 0 unspecified atom stereocenters. The predicted octanol–water partition coefficient (Wildman–Crippen LogP) is 3.76. The standard InChI is InChI=1S/C14H10Cl2O5/c1-19-14(18)12-3-2-10(21-12)7-20-13-8(6-17)4-9(15)5-11(13)16/h2-6H,7H2,1H3. The first-order valence-electron chi connectivity index (χ1n) is 5.79. The summed E-state index contributed by atoms with van der Waals surface area (Å²) in [6.07, 6.45) is 0.592. The molecule has 21 heavy (non-hydrogen) atoms. The Hall–Kier alpha value is -1.98. The van der Waals surface area contributed by atoms with E-state index < -0.39 is 5.97 Å². The maximum atomic E-state index is 11.3. The van der Waals surface area contributed by atoms with E-state index in [4.69, 9.17) is 32.4 Å². The minimum atomic E-state index is -0.584. The third kappa shape index (κ3) is 3.56. The van der Waals surface area contributed by atoms with Crippen molar-refractivity contribution in [3.8, 4) is 5.75 Å². The molecule has 2 aromatic rings. The van der Waals surface area contributed by atoms with Crippen molar-refractivity contribution in [1.29, 1.82) is 0 Å². The lowest BCUT2D eigenvalue weighted by atomic mass is 10.2. The van der Waals surface area contributed by atoms with Crippen molar-refractivity contribution >= 4 is 35.5 Å². The number of benzene rings is 1. The van der Waals surface area contributed by atoms with Crippen LogP contribution >= 0.6 is 23.2 Å². The summed E-state index contributed by atoms with van der Waals surface area (Å²) in [5.41, 5.74) is 0.229. The van der Waals surface area contributed by atoms with Gasteiger partial charge in [-0.1, -0.05) is 23.2 Å². The molecule has 0 aliphatic carbocycles. The SMILES string of the molecule is COC(=O)c1ccc(COc2c(Cl)cc(Cl)cc2C=O)o1. The summed E-state index contributed by atoms with van der Waals surface area (Å²) in [5, 5.41) is 0.546. The van der Waals surface area contributed by atoms with Crippen LogP contribution in [0.3, 0.4) is 0 Å². The molecule has 0 aliphatic rings. The normalized spacial score (nSPS) is 10.2. The Labute approximate surface area is 130 Å². The van der Waals surface area contributed by atoms with Gasteiger partial charge in [0.1, 0.15) is 18.1 Å². The van der Waals surface area contributed by atoms with E-state index in [-0.39, 0.29) is 28.7 Å². The van der Waals surface area contributed by atoms with Crippen molar-refractivity contribution < 1.29 is 23.5 Å². The van der Waals surface area contributed by atoms with Gasteiger partial charge in [-0.2, -0.15) is 0 Å². The third-order valence-electron chi connectivity index (χ3n) is 2.57. The number of hydrogen-bond donors (Lipinski definition) is 0. The van der Waals surface area contributed by atoms with Crippen LogP contribution in [0.2, 0.25) is 10.0 Å². The summed E-state index contributed by atoms with van der Waals surface area (Å²) >= 11 is 11.8. The van der Waals surface area contributed by atoms with E-state index in [9.17, 15) is 9.59 Å². The second kappa shape index (κ2) is 6.65. The number of hydrogen-bond acceptors (Lipinski definition) is 5. The second-order valence-corrected chi connectivity index (χ2v) is 4.81. The van der Waals surface area contributed by atoms with Gasteiger partial charge >= 0.3 is 5.97 Å². The minimum absolute atomic E-state index is 0.000807. The van der Waals surface area contributed by atoms with Crippen molar-refractivity contribution in [2.45, 2.75) is 6.61 Å². The Bertz CT molecular complexity index is 678. The number of aldehydes is 1. The summed E-state index contributed by atoms with van der Waals surface area (Å²) in [4.78, 5) is 22.2. The summed E-state index contributed by atoms with van der Waals surface area (Å²) in [7, 11) is 1.25. The van der Waals surface area contributed by atoms with Crippen LogP contribution in [0.15, 0.2) is 28.7 Å². The molecule has 0 atom stereocenters. The van der Waals surface area contributed by atoms with Gasteiger partial charge in [-0.3, -0.25) is 4.79 Å². The Morgan fingerprint density at radius 1 is 1.33 bits per heavy atom. The number of esters is 1. The summed E-state index contributed by atoms with van der Waals surface area (Å²) in [6, 6.07) is 5.94. The van der Waals surface area contributed by atoms with Gasteiger partial charge in [0.2, 0.25) is 5.76 Å². The maximum absolute atomic E-state index is 11.3. The zero-order chi connectivity index (χ0) is 15.4. The molecule has 0 saturated heterocycles. The highest BCUT2D eigenvalue weighted by Crippen LogP contribution is 2.32. The van der Waals surface area contributed by atoms with Crippen LogP contribution in [0.4, 0.5) is 0 Å². The molecule has 0 spiro atoms. The van der Waals surface area contributed by atoms with Gasteiger partial charge in [0.25, 0.3) is 0 Å². The van der Waals surface area contributed by atoms with E-state index >= 15 is 0 Å². The molecule has 7 heteroatoms. The predicted molar refractivity (Wildman–Crippen MR) is 76.2 cm³/mol. The van der Waals surface area contributed by atoms with Gasteiger partial charge in [0.15, 0.2) is 6.29 Å². The highest BCUT2D eigenvalue weighted by atomic mass is 35.5. The van der Waals surface area contributed by atoms with Crippen molar-refractivity contribution in [3.63, 3.8) is 0 Å². The molecule has 0 radical (unpaired) electrons. The molecule has 1 aromatic heterocycles. The van der Waals surface area contributed by atoms with Crippen LogP contribution in [0, 0.1) is 0 Å². The molecular formula is C14H10Cl2O5. The lowest BCUT2D eigenvalue weighted by Gasteiger charge is -2.09.